The topological polar surface area (TPSA) is 79.5 Å². The van der Waals surface area contributed by atoms with E-state index in [0.717, 1.165) is 5.56 Å². The number of carbonyl (C=O) groups is 1. The Morgan fingerprint density at radius 1 is 1.22 bits per heavy atom. The van der Waals surface area contributed by atoms with Crippen molar-refractivity contribution in [2.45, 2.75) is 19.1 Å². The Morgan fingerprint density at radius 2 is 2.00 bits per heavy atom. The van der Waals surface area contributed by atoms with Crippen LogP contribution in [0.15, 0.2) is 48.5 Å². The molecule has 5 heteroatoms. The van der Waals surface area contributed by atoms with Crippen molar-refractivity contribution in [1.82, 2.24) is 0 Å². The van der Waals surface area contributed by atoms with Crippen LogP contribution in [0.1, 0.15) is 17.5 Å². The van der Waals surface area contributed by atoms with Gasteiger partial charge in [0, 0.05) is 12.5 Å². The van der Waals surface area contributed by atoms with Crippen LogP contribution in [-0.4, -0.2) is 17.2 Å². The molecule has 0 spiro atoms. The van der Waals surface area contributed by atoms with Crippen LogP contribution in [0.2, 0.25) is 0 Å². The summed E-state index contributed by atoms with van der Waals surface area (Å²) in [6.07, 6.45) is 0.288. The minimum Gasteiger partial charge on any atom is -0.489 e. The molecule has 0 amide bonds. The van der Waals surface area contributed by atoms with Gasteiger partial charge >= 0.3 is 5.97 Å². The maximum Gasteiger partial charge on any atom is 0.310 e. The number of benzene rings is 2. The maximum atomic E-state index is 10.8. The van der Waals surface area contributed by atoms with Gasteiger partial charge in [-0.3, -0.25) is 4.79 Å². The Morgan fingerprint density at radius 3 is 2.74 bits per heavy atom. The second kappa shape index (κ2) is 6.41. The van der Waals surface area contributed by atoms with Gasteiger partial charge in [0.15, 0.2) is 0 Å². The molecule has 23 heavy (non-hydrogen) atoms. The Labute approximate surface area is 133 Å². The summed E-state index contributed by atoms with van der Waals surface area (Å²) >= 11 is 0. The van der Waals surface area contributed by atoms with Crippen LogP contribution in [0.4, 0.5) is 0 Å². The van der Waals surface area contributed by atoms with E-state index in [4.69, 9.17) is 19.8 Å². The summed E-state index contributed by atoms with van der Waals surface area (Å²) in [4.78, 5) is 10.8. The molecule has 1 aliphatic carbocycles. The predicted octanol–water partition coefficient (Wildman–Crippen LogP) is 2.99. The second-order valence-electron chi connectivity index (χ2n) is 5.41. The van der Waals surface area contributed by atoms with E-state index in [9.17, 15) is 4.79 Å². The van der Waals surface area contributed by atoms with Gasteiger partial charge in [0.2, 0.25) is 0 Å². The molecular weight excluding hydrogens is 294 g/mol. The number of carboxylic acids is 1. The van der Waals surface area contributed by atoms with Gasteiger partial charge in [0.05, 0.1) is 17.6 Å². The second-order valence-corrected chi connectivity index (χ2v) is 5.41. The third-order valence-corrected chi connectivity index (χ3v) is 3.60. The molecule has 2 atom stereocenters. The van der Waals surface area contributed by atoms with Crippen LogP contribution >= 0.6 is 0 Å². The summed E-state index contributed by atoms with van der Waals surface area (Å²) in [7, 11) is 0. The monoisotopic (exact) mass is 309 g/mol. The summed E-state index contributed by atoms with van der Waals surface area (Å²) in [5.41, 5.74) is 1.50. The van der Waals surface area contributed by atoms with Gasteiger partial charge in [0.25, 0.3) is 0 Å². The fourth-order valence-corrected chi connectivity index (χ4v) is 2.27. The summed E-state index contributed by atoms with van der Waals surface area (Å²) in [6.45, 7) is 0.347. The van der Waals surface area contributed by atoms with Gasteiger partial charge in [-0.25, -0.2) is 0 Å². The molecular formula is C18H15NO4. The number of hydrogen-bond donors (Lipinski definition) is 1. The number of carboxylic acid groups (broad SMARTS) is 1. The first-order chi connectivity index (χ1) is 11.2. The Bertz CT molecular complexity index is 766. The Hall–Kier alpha value is -3.00. The van der Waals surface area contributed by atoms with Crippen molar-refractivity contribution in [3.8, 4) is 17.6 Å². The average Bonchev–Trinajstić information content (AvgIpc) is 3.33. The lowest BCUT2D eigenvalue weighted by molar-refractivity contribution is -0.139. The minimum atomic E-state index is -0.820. The van der Waals surface area contributed by atoms with Crippen LogP contribution in [-0.2, 0) is 11.4 Å². The highest BCUT2D eigenvalue weighted by Gasteiger charge is 2.45. The summed E-state index contributed by atoms with van der Waals surface area (Å²) < 4.78 is 11.3. The van der Waals surface area contributed by atoms with Gasteiger partial charge in [-0.05, 0) is 29.8 Å². The summed E-state index contributed by atoms with van der Waals surface area (Å²) in [5.74, 6) is 0.00693. The van der Waals surface area contributed by atoms with Crippen molar-refractivity contribution in [1.29, 1.82) is 5.26 Å². The molecule has 0 radical (unpaired) electrons. The third kappa shape index (κ3) is 3.80. The number of ether oxygens (including phenoxy) is 2. The lowest BCUT2D eigenvalue weighted by Gasteiger charge is -2.09. The van der Waals surface area contributed by atoms with E-state index in [-0.39, 0.29) is 6.10 Å². The normalized spacial score (nSPS) is 18.7. The minimum absolute atomic E-state index is 0.255. The van der Waals surface area contributed by atoms with Crippen molar-refractivity contribution in [3.63, 3.8) is 0 Å². The lowest BCUT2D eigenvalue weighted by Crippen LogP contribution is -2.07. The molecule has 2 aromatic rings. The molecule has 1 unspecified atom stereocenters. The Kier molecular flexibility index (Phi) is 4.15. The van der Waals surface area contributed by atoms with E-state index in [1.54, 1.807) is 30.3 Å². The van der Waals surface area contributed by atoms with Crippen molar-refractivity contribution in [2.75, 3.05) is 0 Å². The molecule has 0 aliphatic heterocycles. The van der Waals surface area contributed by atoms with E-state index in [2.05, 4.69) is 6.07 Å². The molecule has 0 bridgehead atoms. The van der Waals surface area contributed by atoms with Gasteiger partial charge in [0.1, 0.15) is 24.2 Å². The third-order valence-electron chi connectivity index (χ3n) is 3.60. The van der Waals surface area contributed by atoms with E-state index < -0.39 is 11.9 Å². The number of aliphatic carboxylic acids is 1. The first-order valence-electron chi connectivity index (χ1n) is 7.27. The molecule has 0 aromatic heterocycles. The molecule has 1 aliphatic rings. The van der Waals surface area contributed by atoms with Gasteiger partial charge in [-0.2, -0.15) is 5.26 Å². The van der Waals surface area contributed by atoms with Gasteiger partial charge in [-0.15, -0.1) is 0 Å². The first kappa shape index (κ1) is 14.9. The van der Waals surface area contributed by atoms with E-state index in [0.29, 0.717) is 30.1 Å². The zero-order chi connectivity index (χ0) is 16.2. The maximum absolute atomic E-state index is 10.8. The van der Waals surface area contributed by atoms with Gasteiger partial charge in [-0.1, -0.05) is 18.2 Å². The number of rotatable bonds is 6. The van der Waals surface area contributed by atoms with E-state index in [1.807, 2.05) is 18.2 Å². The highest BCUT2D eigenvalue weighted by atomic mass is 16.5. The lowest BCUT2D eigenvalue weighted by atomic mass is 10.1. The summed E-state index contributed by atoms with van der Waals surface area (Å²) in [5, 5.41) is 17.8. The zero-order valence-corrected chi connectivity index (χ0v) is 12.3. The van der Waals surface area contributed by atoms with Gasteiger partial charge < -0.3 is 14.6 Å². The van der Waals surface area contributed by atoms with E-state index >= 15 is 0 Å². The molecule has 2 aromatic carbocycles. The number of nitrogens with zero attached hydrogens (tertiary/aromatic N) is 1. The molecule has 1 N–H and O–H groups in total. The quantitative estimate of drug-likeness (QED) is 0.887. The highest BCUT2D eigenvalue weighted by molar-refractivity contribution is 5.74. The van der Waals surface area contributed by atoms with Crippen LogP contribution in [0, 0.1) is 17.2 Å². The zero-order valence-electron chi connectivity index (χ0n) is 12.3. The predicted molar refractivity (Wildman–Crippen MR) is 82.1 cm³/mol. The van der Waals surface area contributed by atoms with E-state index in [1.165, 1.54) is 0 Å². The average molecular weight is 309 g/mol. The largest absolute Gasteiger partial charge is 0.489 e. The highest BCUT2D eigenvalue weighted by Crippen LogP contribution is 2.35. The molecule has 1 fully saturated rings. The molecule has 116 valence electrons. The summed E-state index contributed by atoms with van der Waals surface area (Å²) in [6, 6.07) is 16.5. The molecule has 5 nitrogen and oxygen atoms in total. The van der Waals surface area contributed by atoms with Crippen LogP contribution in [0.3, 0.4) is 0 Å². The fraction of sp³-hybridized carbons (Fsp3) is 0.222. The van der Waals surface area contributed by atoms with Crippen molar-refractivity contribution >= 4 is 5.97 Å². The molecule has 3 rings (SSSR count). The number of hydrogen-bond acceptors (Lipinski definition) is 4. The number of nitriles is 1. The molecule has 0 saturated heterocycles. The van der Waals surface area contributed by atoms with Crippen molar-refractivity contribution in [2.24, 2.45) is 5.92 Å². The van der Waals surface area contributed by atoms with Crippen LogP contribution in [0.5, 0.6) is 11.5 Å². The fourth-order valence-electron chi connectivity index (χ4n) is 2.27. The first-order valence-corrected chi connectivity index (χ1v) is 7.27. The smallest absolute Gasteiger partial charge is 0.310 e. The molecule has 1 saturated carbocycles. The Balaban J connectivity index is 1.59. The van der Waals surface area contributed by atoms with Crippen LogP contribution in [0.25, 0.3) is 0 Å². The van der Waals surface area contributed by atoms with Crippen molar-refractivity contribution in [3.05, 3.63) is 59.7 Å². The molecule has 0 heterocycles. The van der Waals surface area contributed by atoms with Crippen LogP contribution < -0.4 is 9.47 Å². The standard InChI is InChI=1S/C18H15NO4/c19-10-12-3-1-4-13(7-12)11-22-14-5-2-6-15(8-14)23-17-9-16(17)18(20)21/h1-8,16-17H,9,11H2,(H,20,21)/t16?,17-/m1/s1. The SMILES string of the molecule is N#Cc1cccc(COc2cccc(O[C@@H]3CC3C(=O)O)c2)c1. The van der Waals surface area contributed by atoms with Crippen molar-refractivity contribution < 1.29 is 19.4 Å².